The van der Waals surface area contributed by atoms with Crippen LogP contribution in [0.4, 0.5) is 8.78 Å². The van der Waals surface area contributed by atoms with E-state index < -0.39 is 6.43 Å². The summed E-state index contributed by atoms with van der Waals surface area (Å²) in [5.74, 6) is 0.110. The van der Waals surface area contributed by atoms with Gasteiger partial charge in [-0.25, -0.2) is 8.78 Å². The standard InChI is InChI=1S/C14H18BrF2N3O/c15-11-12(14(16)17)19-20(13(11)8-5-6-8)7-10(21)18-9-3-1-2-4-9/h8-9,14H,1-7H2,(H,18,21). The molecule has 1 aromatic rings. The number of aromatic nitrogens is 2. The van der Waals surface area contributed by atoms with Gasteiger partial charge in [0.2, 0.25) is 5.91 Å². The number of alkyl halides is 2. The highest BCUT2D eigenvalue weighted by molar-refractivity contribution is 9.10. The van der Waals surface area contributed by atoms with E-state index in [-0.39, 0.29) is 30.1 Å². The predicted octanol–water partition coefficient (Wildman–Crippen LogP) is 3.52. The van der Waals surface area contributed by atoms with E-state index in [2.05, 4.69) is 26.3 Å². The van der Waals surface area contributed by atoms with E-state index >= 15 is 0 Å². The van der Waals surface area contributed by atoms with Crippen molar-refractivity contribution in [2.45, 2.75) is 63.5 Å². The van der Waals surface area contributed by atoms with Gasteiger partial charge < -0.3 is 5.32 Å². The third-order valence-corrected chi connectivity index (χ3v) is 4.95. The van der Waals surface area contributed by atoms with Crippen molar-refractivity contribution in [1.82, 2.24) is 15.1 Å². The van der Waals surface area contributed by atoms with Crippen molar-refractivity contribution >= 4 is 21.8 Å². The molecule has 0 saturated heterocycles. The summed E-state index contributed by atoms with van der Waals surface area (Å²) in [6, 6.07) is 0.232. The number of halogens is 3. The van der Waals surface area contributed by atoms with E-state index in [4.69, 9.17) is 0 Å². The van der Waals surface area contributed by atoms with Crippen molar-refractivity contribution in [1.29, 1.82) is 0 Å². The Hall–Kier alpha value is -0.980. The molecule has 2 aliphatic carbocycles. The van der Waals surface area contributed by atoms with Crippen LogP contribution in [0.3, 0.4) is 0 Å². The lowest BCUT2D eigenvalue weighted by Gasteiger charge is -2.13. The molecule has 0 aliphatic heterocycles. The monoisotopic (exact) mass is 361 g/mol. The molecule has 0 aromatic carbocycles. The largest absolute Gasteiger partial charge is 0.352 e. The molecule has 0 bridgehead atoms. The first-order valence-electron chi connectivity index (χ1n) is 7.40. The van der Waals surface area contributed by atoms with Crippen molar-refractivity contribution in [3.8, 4) is 0 Å². The van der Waals surface area contributed by atoms with Crippen LogP contribution in [0.2, 0.25) is 0 Å². The van der Waals surface area contributed by atoms with Gasteiger partial charge in [0.15, 0.2) is 0 Å². The number of carbonyl (C=O) groups excluding carboxylic acids is 1. The second-order valence-corrected chi connectivity index (χ2v) is 6.66. The minimum absolute atomic E-state index is 0.0215. The van der Waals surface area contributed by atoms with Crippen LogP contribution in [0.5, 0.6) is 0 Å². The fraction of sp³-hybridized carbons (Fsp3) is 0.714. The summed E-state index contributed by atoms with van der Waals surface area (Å²) in [5.41, 5.74) is 0.484. The highest BCUT2D eigenvalue weighted by Gasteiger charge is 2.34. The van der Waals surface area contributed by atoms with Crippen LogP contribution in [0.15, 0.2) is 4.47 Å². The molecule has 2 fully saturated rings. The lowest BCUT2D eigenvalue weighted by Crippen LogP contribution is -2.35. The van der Waals surface area contributed by atoms with Gasteiger partial charge in [0.1, 0.15) is 12.2 Å². The van der Waals surface area contributed by atoms with Crippen molar-refractivity contribution in [2.75, 3.05) is 0 Å². The molecule has 4 nitrogen and oxygen atoms in total. The quantitative estimate of drug-likeness (QED) is 0.871. The summed E-state index contributed by atoms with van der Waals surface area (Å²) in [5, 5.41) is 6.91. The van der Waals surface area contributed by atoms with Crippen LogP contribution >= 0.6 is 15.9 Å². The molecule has 3 rings (SSSR count). The Labute approximate surface area is 130 Å². The number of carbonyl (C=O) groups is 1. The summed E-state index contributed by atoms with van der Waals surface area (Å²) < 4.78 is 27.7. The number of hydrogen-bond donors (Lipinski definition) is 1. The van der Waals surface area contributed by atoms with Gasteiger partial charge in [-0.15, -0.1) is 0 Å². The molecule has 1 amide bonds. The lowest BCUT2D eigenvalue weighted by atomic mass is 10.2. The van der Waals surface area contributed by atoms with Crippen LogP contribution in [0, 0.1) is 0 Å². The van der Waals surface area contributed by atoms with Crippen molar-refractivity contribution in [3.63, 3.8) is 0 Å². The predicted molar refractivity (Wildman–Crippen MR) is 77.3 cm³/mol. The first-order chi connectivity index (χ1) is 10.1. The molecule has 0 radical (unpaired) electrons. The average molecular weight is 362 g/mol. The van der Waals surface area contributed by atoms with E-state index in [1.807, 2.05) is 0 Å². The van der Waals surface area contributed by atoms with E-state index in [1.165, 1.54) is 4.68 Å². The van der Waals surface area contributed by atoms with Gasteiger partial charge in [-0.05, 0) is 41.6 Å². The fourth-order valence-corrected chi connectivity index (χ4v) is 3.74. The molecular weight excluding hydrogens is 344 g/mol. The third kappa shape index (κ3) is 3.27. The highest BCUT2D eigenvalue weighted by Crippen LogP contribution is 2.45. The molecule has 2 aliphatic rings. The number of rotatable bonds is 5. The van der Waals surface area contributed by atoms with Crippen LogP contribution < -0.4 is 5.32 Å². The summed E-state index contributed by atoms with van der Waals surface area (Å²) in [6.45, 7) is 0.0215. The topological polar surface area (TPSA) is 46.9 Å². The van der Waals surface area contributed by atoms with Gasteiger partial charge in [-0.3, -0.25) is 9.48 Å². The Bertz CT molecular complexity index is 537. The lowest BCUT2D eigenvalue weighted by molar-refractivity contribution is -0.122. The molecule has 2 saturated carbocycles. The maximum Gasteiger partial charge on any atom is 0.283 e. The average Bonchev–Trinajstić information content (AvgIpc) is 3.01. The SMILES string of the molecule is O=C(Cn1nc(C(F)F)c(Br)c1C1CC1)NC1CCCC1. The highest BCUT2D eigenvalue weighted by atomic mass is 79.9. The first kappa shape index (κ1) is 14.9. The van der Waals surface area contributed by atoms with Gasteiger partial charge >= 0.3 is 0 Å². The summed E-state index contributed by atoms with van der Waals surface area (Å²) >= 11 is 3.23. The number of amides is 1. The Morgan fingerprint density at radius 2 is 2.00 bits per heavy atom. The summed E-state index contributed by atoms with van der Waals surface area (Å²) in [6.07, 6.45) is 3.60. The second-order valence-electron chi connectivity index (χ2n) is 5.87. The van der Waals surface area contributed by atoms with E-state index in [0.717, 1.165) is 44.2 Å². The van der Waals surface area contributed by atoms with Crippen molar-refractivity contribution in [3.05, 3.63) is 15.9 Å². The normalized spacial score (nSPS) is 19.4. The number of nitrogens with zero attached hydrogens (tertiary/aromatic N) is 2. The van der Waals surface area contributed by atoms with Crippen LogP contribution in [0.1, 0.15) is 62.3 Å². The van der Waals surface area contributed by atoms with Crippen molar-refractivity contribution < 1.29 is 13.6 Å². The van der Waals surface area contributed by atoms with Crippen LogP contribution in [-0.4, -0.2) is 21.7 Å². The van der Waals surface area contributed by atoms with Crippen LogP contribution in [-0.2, 0) is 11.3 Å². The summed E-state index contributed by atoms with van der Waals surface area (Å²) in [4.78, 5) is 12.1. The van der Waals surface area contributed by atoms with Crippen LogP contribution in [0.25, 0.3) is 0 Å². The Morgan fingerprint density at radius 3 is 2.57 bits per heavy atom. The summed E-state index contributed by atoms with van der Waals surface area (Å²) in [7, 11) is 0. The molecule has 21 heavy (non-hydrogen) atoms. The molecule has 7 heteroatoms. The maximum absolute atomic E-state index is 13.0. The Kier molecular flexibility index (Phi) is 4.28. The maximum atomic E-state index is 13.0. The second kappa shape index (κ2) is 6.02. The van der Waals surface area contributed by atoms with Gasteiger partial charge in [0.25, 0.3) is 6.43 Å². The Balaban J connectivity index is 1.74. The molecule has 0 spiro atoms. The minimum Gasteiger partial charge on any atom is -0.352 e. The zero-order valence-electron chi connectivity index (χ0n) is 11.6. The van der Waals surface area contributed by atoms with Gasteiger partial charge in [-0.2, -0.15) is 5.10 Å². The molecule has 1 N–H and O–H groups in total. The van der Waals surface area contributed by atoms with E-state index in [0.29, 0.717) is 4.47 Å². The van der Waals surface area contributed by atoms with Crippen molar-refractivity contribution in [2.24, 2.45) is 0 Å². The third-order valence-electron chi connectivity index (χ3n) is 4.14. The zero-order valence-corrected chi connectivity index (χ0v) is 13.2. The zero-order chi connectivity index (χ0) is 15.0. The minimum atomic E-state index is -2.63. The molecule has 1 heterocycles. The fourth-order valence-electron chi connectivity index (χ4n) is 2.96. The first-order valence-corrected chi connectivity index (χ1v) is 8.19. The molecule has 116 valence electrons. The number of hydrogen-bond acceptors (Lipinski definition) is 2. The molecular formula is C14H18BrF2N3O. The van der Waals surface area contributed by atoms with Gasteiger partial charge in [0.05, 0.1) is 10.2 Å². The smallest absolute Gasteiger partial charge is 0.283 e. The Morgan fingerprint density at radius 1 is 1.33 bits per heavy atom. The molecule has 0 unspecified atom stereocenters. The van der Waals surface area contributed by atoms with Gasteiger partial charge in [0, 0.05) is 12.0 Å². The van der Waals surface area contributed by atoms with E-state index in [9.17, 15) is 13.6 Å². The number of nitrogens with one attached hydrogen (secondary N) is 1. The molecule has 0 atom stereocenters. The van der Waals surface area contributed by atoms with E-state index in [1.54, 1.807) is 0 Å². The molecule has 1 aromatic heterocycles. The van der Waals surface area contributed by atoms with Gasteiger partial charge in [-0.1, -0.05) is 12.8 Å².